The number of carbonyl (C=O) groups excluding carboxylic acids is 1. The van der Waals surface area contributed by atoms with E-state index in [1.165, 1.54) is 5.69 Å². The average molecular weight is 266 g/mol. The van der Waals surface area contributed by atoms with Gasteiger partial charge in [-0.15, -0.1) is 0 Å². The van der Waals surface area contributed by atoms with Crippen LogP contribution in [0.15, 0.2) is 6.07 Å². The summed E-state index contributed by atoms with van der Waals surface area (Å²) in [4.78, 5) is 13.7. The highest BCUT2D eigenvalue weighted by Crippen LogP contribution is 2.03. The van der Waals surface area contributed by atoms with Gasteiger partial charge in [0.15, 0.2) is 0 Å². The molecular formula is C14H26N4O. The fraction of sp³-hybridized carbons (Fsp3) is 0.714. The Labute approximate surface area is 116 Å². The van der Waals surface area contributed by atoms with Crippen LogP contribution >= 0.6 is 0 Å². The largest absolute Gasteiger partial charge is 0.343 e. The number of hydrogen-bond acceptors (Lipinski definition) is 3. The summed E-state index contributed by atoms with van der Waals surface area (Å²) in [6.07, 6.45) is 0.556. The lowest BCUT2D eigenvalue weighted by molar-refractivity contribution is -0.130. The maximum Gasteiger partial charge on any atom is 0.223 e. The topological polar surface area (TPSA) is 50.2 Å². The zero-order chi connectivity index (χ0) is 14.3. The maximum atomic E-state index is 11.8. The molecule has 0 aliphatic carbocycles. The maximum absolute atomic E-state index is 11.8. The molecule has 19 heavy (non-hydrogen) atoms. The smallest absolute Gasteiger partial charge is 0.223 e. The van der Waals surface area contributed by atoms with Crippen molar-refractivity contribution in [1.29, 1.82) is 0 Å². The Hall–Kier alpha value is -1.36. The first kappa shape index (κ1) is 15.7. The summed E-state index contributed by atoms with van der Waals surface area (Å²) in [7, 11) is 0. The highest BCUT2D eigenvalue weighted by Gasteiger charge is 2.09. The first-order valence-electron chi connectivity index (χ1n) is 7.14. The number of aryl methyl sites for hydroxylation is 2. The Bertz CT molecular complexity index is 396. The summed E-state index contributed by atoms with van der Waals surface area (Å²) in [5.41, 5.74) is 2.22. The summed E-state index contributed by atoms with van der Waals surface area (Å²) in [5.74, 6) is 0.220. The molecule has 0 spiro atoms. The van der Waals surface area contributed by atoms with Crippen LogP contribution in [0.25, 0.3) is 0 Å². The minimum atomic E-state index is 0.220. The van der Waals surface area contributed by atoms with Gasteiger partial charge in [-0.05, 0) is 33.8 Å². The van der Waals surface area contributed by atoms with Gasteiger partial charge in [-0.3, -0.25) is 9.48 Å². The van der Waals surface area contributed by atoms with Crippen molar-refractivity contribution in [3.05, 3.63) is 17.5 Å². The number of nitrogens with one attached hydrogen (secondary N) is 1. The molecule has 1 aromatic heterocycles. The van der Waals surface area contributed by atoms with E-state index in [0.29, 0.717) is 13.0 Å². The Morgan fingerprint density at radius 3 is 2.63 bits per heavy atom. The Balaban J connectivity index is 2.32. The van der Waals surface area contributed by atoms with Crippen molar-refractivity contribution in [1.82, 2.24) is 20.0 Å². The summed E-state index contributed by atoms with van der Waals surface area (Å²) in [6.45, 7) is 12.0. The molecule has 1 heterocycles. The van der Waals surface area contributed by atoms with Gasteiger partial charge in [0.25, 0.3) is 0 Å². The zero-order valence-corrected chi connectivity index (χ0v) is 12.6. The highest BCUT2D eigenvalue weighted by molar-refractivity contribution is 5.76. The van der Waals surface area contributed by atoms with Gasteiger partial charge in [-0.1, -0.05) is 0 Å². The standard InChI is InChI=1S/C14H26N4O/c1-5-17(6-2)14(19)8-9-15-11-13-10-12(4)16-18(13)7-3/h10,15H,5-9,11H2,1-4H3. The monoisotopic (exact) mass is 266 g/mol. The lowest BCUT2D eigenvalue weighted by atomic mass is 10.3. The number of carbonyl (C=O) groups is 1. The second kappa shape index (κ2) is 7.94. The molecule has 0 aromatic carbocycles. The van der Waals surface area contributed by atoms with Gasteiger partial charge < -0.3 is 10.2 Å². The van der Waals surface area contributed by atoms with E-state index in [0.717, 1.165) is 31.9 Å². The molecule has 5 nitrogen and oxygen atoms in total. The van der Waals surface area contributed by atoms with E-state index < -0.39 is 0 Å². The van der Waals surface area contributed by atoms with Crippen molar-refractivity contribution in [2.75, 3.05) is 19.6 Å². The molecule has 0 saturated carbocycles. The van der Waals surface area contributed by atoms with E-state index in [-0.39, 0.29) is 5.91 Å². The first-order chi connectivity index (χ1) is 9.12. The molecular weight excluding hydrogens is 240 g/mol. The van der Waals surface area contributed by atoms with Crippen molar-refractivity contribution in [3.8, 4) is 0 Å². The predicted molar refractivity (Wildman–Crippen MR) is 76.9 cm³/mol. The van der Waals surface area contributed by atoms with Crippen LogP contribution in [-0.4, -0.2) is 40.2 Å². The van der Waals surface area contributed by atoms with Crippen LogP contribution in [0.2, 0.25) is 0 Å². The van der Waals surface area contributed by atoms with E-state index in [1.807, 2.05) is 30.4 Å². The quantitative estimate of drug-likeness (QED) is 0.726. The minimum absolute atomic E-state index is 0.220. The molecule has 5 heteroatoms. The van der Waals surface area contributed by atoms with Crippen LogP contribution < -0.4 is 5.32 Å². The summed E-state index contributed by atoms with van der Waals surface area (Å²) >= 11 is 0. The Morgan fingerprint density at radius 1 is 1.37 bits per heavy atom. The van der Waals surface area contributed by atoms with Crippen LogP contribution in [0, 0.1) is 6.92 Å². The number of aromatic nitrogens is 2. The van der Waals surface area contributed by atoms with Crippen LogP contribution in [0.1, 0.15) is 38.6 Å². The molecule has 0 aliphatic rings. The van der Waals surface area contributed by atoms with Crippen LogP contribution in [0.4, 0.5) is 0 Å². The molecule has 0 unspecified atom stereocenters. The number of nitrogens with zero attached hydrogens (tertiary/aromatic N) is 3. The third kappa shape index (κ3) is 4.67. The van der Waals surface area contributed by atoms with Crippen molar-refractivity contribution in [2.24, 2.45) is 0 Å². The highest BCUT2D eigenvalue weighted by atomic mass is 16.2. The van der Waals surface area contributed by atoms with E-state index in [2.05, 4.69) is 23.4 Å². The van der Waals surface area contributed by atoms with Gasteiger partial charge >= 0.3 is 0 Å². The van der Waals surface area contributed by atoms with Crippen molar-refractivity contribution in [3.63, 3.8) is 0 Å². The van der Waals surface area contributed by atoms with E-state index in [9.17, 15) is 4.79 Å². The number of amides is 1. The van der Waals surface area contributed by atoms with E-state index in [1.54, 1.807) is 0 Å². The van der Waals surface area contributed by atoms with Crippen molar-refractivity contribution in [2.45, 2.75) is 47.2 Å². The molecule has 0 radical (unpaired) electrons. The molecule has 0 fully saturated rings. The van der Waals surface area contributed by atoms with Gasteiger partial charge in [-0.2, -0.15) is 5.10 Å². The van der Waals surface area contributed by atoms with Gasteiger partial charge in [0.2, 0.25) is 5.91 Å². The minimum Gasteiger partial charge on any atom is -0.343 e. The third-order valence-corrected chi connectivity index (χ3v) is 3.22. The molecule has 1 rings (SSSR count). The fourth-order valence-corrected chi connectivity index (χ4v) is 2.16. The van der Waals surface area contributed by atoms with Crippen LogP contribution in [0.5, 0.6) is 0 Å². The molecule has 0 bridgehead atoms. The molecule has 0 atom stereocenters. The SMILES string of the molecule is CCN(CC)C(=O)CCNCc1cc(C)nn1CC. The molecule has 108 valence electrons. The molecule has 0 saturated heterocycles. The zero-order valence-electron chi connectivity index (χ0n) is 12.6. The Morgan fingerprint density at radius 2 is 2.05 bits per heavy atom. The lowest BCUT2D eigenvalue weighted by Gasteiger charge is -2.18. The van der Waals surface area contributed by atoms with Crippen LogP contribution in [0.3, 0.4) is 0 Å². The van der Waals surface area contributed by atoms with E-state index in [4.69, 9.17) is 0 Å². The van der Waals surface area contributed by atoms with E-state index >= 15 is 0 Å². The third-order valence-electron chi connectivity index (χ3n) is 3.22. The van der Waals surface area contributed by atoms with Crippen LogP contribution in [-0.2, 0) is 17.9 Å². The average Bonchev–Trinajstić information content (AvgIpc) is 2.76. The van der Waals surface area contributed by atoms with Gasteiger partial charge in [-0.25, -0.2) is 0 Å². The molecule has 0 aliphatic heterocycles. The lowest BCUT2D eigenvalue weighted by Crippen LogP contribution is -2.32. The fourth-order valence-electron chi connectivity index (χ4n) is 2.16. The van der Waals surface area contributed by atoms with Gasteiger partial charge in [0.05, 0.1) is 11.4 Å². The number of rotatable bonds is 8. The predicted octanol–water partition coefficient (Wildman–Crippen LogP) is 1.56. The summed E-state index contributed by atoms with van der Waals surface area (Å²) in [6, 6.07) is 2.09. The molecule has 1 N–H and O–H groups in total. The van der Waals surface area contributed by atoms with Gasteiger partial charge in [0.1, 0.15) is 0 Å². The van der Waals surface area contributed by atoms with Crippen molar-refractivity contribution < 1.29 is 4.79 Å². The Kier molecular flexibility index (Phi) is 6.56. The number of hydrogen-bond donors (Lipinski definition) is 1. The normalized spacial score (nSPS) is 10.7. The van der Waals surface area contributed by atoms with Gasteiger partial charge in [0, 0.05) is 39.1 Å². The second-order valence-electron chi connectivity index (χ2n) is 4.59. The first-order valence-corrected chi connectivity index (χ1v) is 7.14. The summed E-state index contributed by atoms with van der Waals surface area (Å²) in [5, 5.41) is 7.71. The second-order valence-corrected chi connectivity index (χ2v) is 4.59. The molecule has 1 aromatic rings. The summed E-state index contributed by atoms with van der Waals surface area (Å²) < 4.78 is 1.99. The molecule has 1 amide bonds. The van der Waals surface area contributed by atoms with Crippen molar-refractivity contribution >= 4 is 5.91 Å².